The van der Waals surface area contributed by atoms with Gasteiger partial charge in [-0.3, -0.25) is 23.7 Å². The third kappa shape index (κ3) is 4.54. The number of carbonyl (C=O) groups excluding carboxylic acids is 1. The first-order valence-corrected chi connectivity index (χ1v) is 10.4. The number of hydrazine groups is 1. The van der Waals surface area contributed by atoms with Gasteiger partial charge in [0.05, 0.1) is 22.5 Å². The van der Waals surface area contributed by atoms with Crippen molar-refractivity contribution < 1.29 is 9.18 Å². The van der Waals surface area contributed by atoms with E-state index in [1.807, 2.05) is 19.3 Å². The number of rotatable bonds is 5. The van der Waals surface area contributed by atoms with Crippen LogP contribution in [0.4, 0.5) is 4.39 Å². The molecule has 2 N–H and O–H groups in total. The summed E-state index contributed by atoms with van der Waals surface area (Å²) in [6, 6.07) is 8.62. The van der Waals surface area contributed by atoms with Gasteiger partial charge in [0.25, 0.3) is 11.5 Å². The second-order valence-electron chi connectivity index (χ2n) is 7.67. The van der Waals surface area contributed by atoms with Gasteiger partial charge in [-0.1, -0.05) is 17.7 Å². The van der Waals surface area contributed by atoms with Gasteiger partial charge in [0.15, 0.2) is 0 Å². The number of aryl methyl sites for hydroxylation is 1. The van der Waals surface area contributed by atoms with Crippen LogP contribution in [-0.4, -0.2) is 33.6 Å². The summed E-state index contributed by atoms with van der Waals surface area (Å²) in [7, 11) is 3.39. The van der Waals surface area contributed by atoms with E-state index >= 15 is 0 Å². The zero-order valence-corrected chi connectivity index (χ0v) is 18.7. The molecule has 1 amide bonds. The summed E-state index contributed by atoms with van der Waals surface area (Å²) < 4.78 is 15.8. The van der Waals surface area contributed by atoms with Crippen LogP contribution in [0.2, 0.25) is 5.02 Å². The fraction of sp³-hybridized carbons (Fsp3) is 0.174. The van der Waals surface area contributed by atoms with Gasteiger partial charge in [0, 0.05) is 38.6 Å². The number of halogens is 2. The average molecular weight is 470 g/mol. The fourth-order valence-electron chi connectivity index (χ4n) is 3.50. The molecular weight excluding hydrogens is 449 g/mol. The second kappa shape index (κ2) is 8.95. The molecule has 170 valence electrons. The van der Waals surface area contributed by atoms with Crippen molar-refractivity contribution in [1.29, 1.82) is 0 Å². The van der Waals surface area contributed by atoms with Crippen LogP contribution in [0.1, 0.15) is 15.9 Å². The van der Waals surface area contributed by atoms with Gasteiger partial charge < -0.3 is 10.7 Å². The Hall–Kier alpha value is -3.85. The van der Waals surface area contributed by atoms with Crippen molar-refractivity contribution in [1.82, 2.24) is 24.9 Å². The molecule has 33 heavy (non-hydrogen) atoms. The minimum atomic E-state index is -0.586. The van der Waals surface area contributed by atoms with Crippen LogP contribution in [0.25, 0.3) is 10.9 Å². The van der Waals surface area contributed by atoms with Crippen LogP contribution < -0.4 is 22.0 Å². The number of nitrogens with one attached hydrogen (secondary N) is 2. The molecule has 0 saturated carbocycles. The Morgan fingerprint density at radius 1 is 1.15 bits per heavy atom. The van der Waals surface area contributed by atoms with Crippen molar-refractivity contribution >= 4 is 28.4 Å². The molecular formula is C23H21ClFN5O3. The van der Waals surface area contributed by atoms with Crippen molar-refractivity contribution in [2.45, 2.75) is 6.54 Å². The average Bonchev–Trinajstić information content (AvgIpc) is 2.81. The third-order valence-corrected chi connectivity index (χ3v) is 5.65. The molecule has 2 aromatic carbocycles. The van der Waals surface area contributed by atoms with E-state index in [0.29, 0.717) is 23.2 Å². The van der Waals surface area contributed by atoms with Gasteiger partial charge in [-0.25, -0.2) is 9.18 Å². The molecule has 2 heterocycles. The molecule has 0 atom stereocenters. The van der Waals surface area contributed by atoms with Gasteiger partial charge in [0.2, 0.25) is 0 Å². The maximum Gasteiger partial charge on any atom is 0.331 e. The summed E-state index contributed by atoms with van der Waals surface area (Å²) in [5.41, 5.74) is 4.00. The van der Waals surface area contributed by atoms with Crippen LogP contribution in [0.5, 0.6) is 0 Å². The number of carbonyl (C=O) groups is 1. The first-order chi connectivity index (χ1) is 15.7. The first-order valence-electron chi connectivity index (χ1n) is 10.1. The Morgan fingerprint density at radius 2 is 1.94 bits per heavy atom. The van der Waals surface area contributed by atoms with Crippen LogP contribution in [0.3, 0.4) is 0 Å². The predicted molar refractivity (Wildman–Crippen MR) is 124 cm³/mol. The van der Waals surface area contributed by atoms with E-state index in [-0.39, 0.29) is 22.9 Å². The summed E-state index contributed by atoms with van der Waals surface area (Å²) in [4.78, 5) is 38.6. The van der Waals surface area contributed by atoms with E-state index in [4.69, 9.17) is 11.6 Å². The molecule has 0 spiro atoms. The van der Waals surface area contributed by atoms with Crippen molar-refractivity contribution in [2.24, 2.45) is 7.05 Å². The topological polar surface area (TPSA) is 88.4 Å². The van der Waals surface area contributed by atoms with Gasteiger partial charge >= 0.3 is 5.69 Å². The van der Waals surface area contributed by atoms with E-state index in [1.54, 1.807) is 30.4 Å². The van der Waals surface area contributed by atoms with Crippen molar-refractivity contribution in [3.63, 3.8) is 0 Å². The van der Waals surface area contributed by atoms with Gasteiger partial charge in [-0.15, -0.1) is 0 Å². The standard InChI is InChI=1S/C23H21ClFN5O3/c1-28-8-7-15(12-27-28)11-26-21(31)16-4-6-20-17(10-16)22(32)30(23(33)29(20)2)13-14-3-5-19(25)18(24)9-14/h3-10,12,27H,11,13H2,1-2H3,(H,26,31). The minimum Gasteiger partial charge on any atom is -0.348 e. The number of hydrogen-bond acceptors (Lipinski definition) is 5. The molecule has 10 heteroatoms. The predicted octanol–water partition coefficient (Wildman–Crippen LogP) is 2.12. The Kier molecular flexibility index (Phi) is 6.06. The Labute approximate surface area is 193 Å². The summed E-state index contributed by atoms with van der Waals surface area (Å²) in [6.07, 6.45) is 5.47. The molecule has 1 aliphatic heterocycles. The van der Waals surface area contributed by atoms with E-state index in [1.165, 1.54) is 28.8 Å². The Balaban J connectivity index is 1.65. The third-order valence-electron chi connectivity index (χ3n) is 5.36. The smallest absolute Gasteiger partial charge is 0.331 e. The largest absolute Gasteiger partial charge is 0.348 e. The van der Waals surface area contributed by atoms with Crippen LogP contribution >= 0.6 is 11.6 Å². The molecule has 0 saturated heterocycles. The number of hydrogen-bond donors (Lipinski definition) is 2. The summed E-state index contributed by atoms with van der Waals surface area (Å²) in [5.74, 6) is -0.938. The number of fused-ring (bicyclic) bond motifs is 1. The lowest BCUT2D eigenvalue weighted by Gasteiger charge is -2.19. The molecule has 4 rings (SSSR count). The minimum absolute atomic E-state index is 0.0835. The second-order valence-corrected chi connectivity index (χ2v) is 8.08. The zero-order chi connectivity index (χ0) is 23.7. The summed E-state index contributed by atoms with van der Waals surface area (Å²) in [6.45, 7) is 0.219. The fourth-order valence-corrected chi connectivity index (χ4v) is 3.70. The SMILES string of the molecule is CN1C=CC(CNC(=O)c2ccc3c(c2)c(=O)n(Cc2ccc(F)c(Cl)c2)c(=O)n3C)=CN1. The van der Waals surface area contributed by atoms with E-state index in [0.717, 1.165) is 10.1 Å². The van der Waals surface area contributed by atoms with Gasteiger partial charge in [-0.05, 0) is 47.5 Å². The van der Waals surface area contributed by atoms with Crippen molar-refractivity contribution in [3.8, 4) is 0 Å². The molecule has 0 bridgehead atoms. The van der Waals surface area contributed by atoms with E-state index in [9.17, 15) is 18.8 Å². The highest BCUT2D eigenvalue weighted by molar-refractivity contribution is 6.30. The van der Waals surface area contributed by atoms with Crippen LogP contribution in [0.15, 0.2) is 70.0 Å². The van der Waals surface area contributed by atoms with E-state index < -0.39 is 17.1 Å². The zero-order valence-electron chi connectivity index (χ0n) is 17.9. The first kappa shape index (κ1) is 22.3. The number of benzene rings is 2. The highest BCUT2D eigenvalue weighted by Gasteiger charge is 2.15. The lowest BCUT2D eigenvalue weighted by atomic mass is 10.1. The molecule has 3 aromatic rings. The van der Waals surface area contributed by atoms with Gasteiger partial charge in [-0.2, -0.15) is 0 Å². The highest BCUT2D eigenvalue weighted by Crippen LogP contribution is 2.17. The normalized spacial score (nSPS) is 13.1. The molecule has 0 radical (unpaired) electrons. The molecule has 1 aliphatic rings. The summed E-state index contributed by atoms with van der Waals surface area (Å²) >= 11 is 5.83. The quantitative estimate of drug-likeness (QED) is 0.597. The Bertz CT molecular complexity index is 1440. The van der Waals surface area contributed by atoms with Gasteiger partial charge in [0.1, 0.15) is 5.82 Å². The lowest BCUT2D eigenvalue weighted by Crippen LogP contribution is -2.39. The van der Waals surface area contributed by atoms with Crippen LogP contribution in [-0.2, 0) is 13.6 Å². The molecule has 1 aromatic heterocycles. The monoisotopic (exact) mass is 469 g/mol. The molecule has 0 aliphatic carbocycles. The summed E-state index contributed by atoms with van der Waals surface area (Å²) in [5, 5.41) is 4.71. The van der Waals surface area contributed by atoms with Crippen LogP contribution in [0, 0.1) is 5.82 Å². The molecule has 8 nitrogen and oxygen atoms in total. The maximum atomic E-state index is 13.5. The lowest BCUT2D eigenvalue weighted by molar-refractivity contribution is 0.0957. The highest BCUT2D eigenvalue weighted by atomic mass is 35.5. The van der Waals surface area contributed by atoms with Crippen molar-refractivity contribution in [2.75, 3.05) is 13.6 Å². The molecule has 0 fully saturated rings. The van der Waals surface area contributed by atoms with E-state index in [2.05, 4.69) is 10.7 Å². The number of amides is 1. The number of aromatic nitrogens is 2. The van der Waals surface area contributed by atoms with Crippen molar-refractivity contribution in [3.05, 3.63) is 103 Å². The number of nitrogens with zero attached hydrogens (tertiary/aromatic N) is 3. The maximum absolute atomic E-state index is 13.5. The Morgan fingerprint density at radius 3 is 2.64 bits per heavy atom. The molecule has 0 unspecified atom stereocenters.